The van der Waals surface area contributed by atoms with E-state index in [-0.39, 0.29) is 13.4 Å². The van der Waals surface area contributed by atoms with Gasteiger partial charge in [0.1, 0.15) is 23.8 Å². The number of rotatable bonds is 5. The van der Waals surface area contributed by atoms with Crippen molar-refractivity contribution in [3.63, 3.8) is 0 Å². The molecule has 0 spiro atoms. The molecule has 0 atom stereocenters. The molecule has 206 valence electrons. The topological polar surface area (TPSA) is 109 Å². The standard InChI is InChI=1S/C25H26F3N7O.C2H3N.H2/c1-15-8-21(25(26,27)28)33-22(9-15)36-19-3-6-34(7-4-19)17-10-18(11-17)35-13-16(12-32-35)23-20-2-5-29-24(20)31-14-30-23;1-2-3;/h2,5,8-9,12-14,17-19H,3-4,6-7,10-11H2,1H3,(H,29,30,31);1H3;1H. The maximum atomic E-state index is 13.1. The molecule has 1 aliphatic carbocycles. The molecule has 4 aromatic rings. The summed E-state index contributed by atoms with van der Waals surface area (Å²) in [6.07, 6.45) is 6.29. The smallest absolute Gasteiger partial charge is 0.433 e. The van der Waals surface area contributed by atoms with Gasteiger partial charge < -0.3 is 9.72 Å². The highest BCUT2D eigenvalue weighted by molar-refractivity contribution is 5.89. The van der Waals surface area contributed by atoms with Crippen molar-refractivity contribution in [1.29, 1.82) is 5.26 Å². The molecule has 9 nitrogen and oxygen atoms in total. The Morgan fingerprint density at radius 1 is 1.15 bits per heavy atom. The Kier molecular flexibility index (Phi) is 7.52. The van der Waals surface area contributed by atoms with Gasteiger partial charge in [-0.3, -0.25) is 9.58 Å². The highest BCUT2D eigenvalue weighted by Crippen LogP contribution is 2.38. The molecule has 2 aliphatic rings. The van der Waals surface area contributed by atoms with Gasteiger partial charge in [0.2, 0.25) is 5.88 Å². The van der Waals surface area contributed by atoms with Crippen LogP contribution in [0.4, 0.5) is 13.2 Å². The van der Waals surface area contributed by atoms with Crippen molar-refractivity contribution in [2.24, 2.45) is 0 Å². The third-order valence-electron chi connectivity index (χ3n) is 7.21. The van der Waals surface area contributed by atoms with E-state index in [4.69, 9.17) is 10.00 Å². The Labute approximate surface area is 225 Å². The van der Waals surface area contributed by atoms with Gasteiger partial charge in [-0.25, -0.2) is 15.0 Å². The maximum Gasteiger partial charge on any atom is 0.433 e. The van der Waals surface area contributed by atoms with Crippen LogP contribution in [0.5, 0.6) is 5.88 Å². The molecular formula is C27H31F3N8O. The summed E-state index contributed by atoms with van der Waals surface area (Å²) in [6, 6.07) is 7.16. The van der Waals surface area contributed by atoms with Gasteiger partial charge >= 0.3 is 6.18 Å². The van der Waals surface area contributed by atoms with Crippen LogP contribution in [0.1, 0.15) is 51.3 Å². The Morgan fingerprint density at radius 3 is 2.62 bits per heavy atom. The van der Waals surface area contributed by atoms with Crippen LogP contribution in [0, 0.1) is 18.3 Å². The van der Waals surface area contributed by atoms with Gasteiger partial charge in [0.15, 0.2) is 0 Å². The highest BCUT2D eigenvalue weighted by atomic mass is 19.4. The van der Waals surface area contributed by atoms with E-state index in [1.807, 2.05) is 23.1 Å². The summed E-state index contributed by atoms with van der Waals surface area (Å²) in [6.45, 7) is 4.77. The summed E-state index contributed by atoms with van der Waals surface area (Å²) in [7, 11) is 0. The number of likely N-dealkylation sites (tertiary alicyclic amines) is 1. The molecule has 0 amide bonds. The fourth-order valence-corrected chi connectivity index (χ4v) is 5.21. The molecule has 2 fully saturated rings. The molecule has 0 unspecified atom stereocenters. The van der Waals surface area contributed by atoms with Gasteiger partial charge in [-0.15, -0.1) is 0 Å². The zero-order valence-corrected chi connectivity index (χ0v) is 21.7. The minimum atomic E-state index is -4.48. The fourth-order valence-electron chi connectivity index (χ4n) is 5.21. The molecule has 4 aromatic heterocycles. The predicted molar refractivity (Wildman–Crippen MR) is 140 cm³/mol. The molecule has 0 bridgehead atoms. The Morgan fingerprint density at radius 2 is 1.90 bits per heavy atom. The third-order valence-corrected chi connectivity index (χ3v) is 7.21. The van der Waals surface area contributed by atoms with E-state index in [1.54, 1.807) is 25.4 Å². The van der Waals surface area contributed by atoms with Crippen molar-refractivity contribution < 1.29 is 19.3 Å². The number of aromatic amines is 1. The van der Waals surface area contributed by atoms with Gasteiger partial charge in [-0.05, 0) is 50.3 Å². The van der Waals surface area contributed by atoms with E-state index < -0.39 is 11.9 Å². The number of ether oxygens (including phenoxy) is 1. The lowest BCUT2D eigenvalue weighted by molar-refractivity contribution is -0.141. The zero-order valence-electron chi connectivity index (χ0n) is 21.7. The molecule has 1 aliphatic heterocycles. The normalized spacial score (nSPS) is 20.1. The molecule has 5 heterocycles. The molecule has 1 saturated heterocycles. The molecule has 39 heavy (non-hydrogen) atoms. The second-order valence-electron chi connectivity index (χ2n) is 9.89. The number of hydrogen-bond donors (Lipinski definition) is 1. The summed E-state index contributed by atoms with van der Waals surface area (Å²) in [5.41, 5.74) is 2.24. The Balaban J connectivity index is 0.000000886. The van der Waals surface area contributed by atoms with Crippen molar-refractivity contribution in [2.45, 2.75) is 63.9 Å². The van der Waals surface area contributed by atoms with Crippen LogP contribution in [0.3, 0.4) is 0 Å². The number of halogens is 3. The van der Waals surface area contributed by atoms with Crippen molar-refractivity contribution in [2.75, 3.05) is 13.1 Å². The number of alkyl halides is 3. The number of fused-ring (bicyclic) bond motifs is 1. The molecule has 1 saturated carbocycles. The monoisotopic (exact) mass is 540 g/mol. The second-order valence-corrected chi connectivity index (χ2v) is 9.89. The quantitative estimate of drug-likeness (QED) is 0.353. The third kappa shape index (κ3) is 5.88. The van der Waals surface area contributed by atoms with Crippen molar-refractivity contribution in [3.05, 3.63) is 54.4 Å². The van der Waals surface area contributed by atoms with Crippen molar-refractivity contribution in [1.82, 2.24) is 34.6 Å². The SMILES string of the molecule is CC#N.Cc1cc(OC2CCN(C3CC(n4cc(-c5ncnc6[nH]ccc56)cn4)C3)CC2)nc(C(F)(F)F)c1.[HH]. The highest BCUT2D eigenvalue weighted by Gasteiger charge is 2.37. The lowest BCUT2D eigenvalue weighted by Crippen LogP contribution is -2.50. The second kappa shape index (κ2) is 11.0. The van der Waals surface area contributed by atoms with Crippen molar-refractivity contribution in [3.8, 4) is 23.2 Å². The summed E-state index contributed by atoms with van der Waals surface area (Å²) in [5.74, 6) is 0.0552. The first-order valence-electron chi connectivity index (χ1n) is 12.8. The Bertz CT molecular complexity index is 1470. The first-order valence-corrected chi connectivity index (χ1v) is 12.8. The van der Waals surface area contributed by atoms with Gasteiger partial charge in [0.25, 0.3) is 0 Å². The van der Waals surface area contributed by atoms with Gasteiger partial charge in [0, 0.05) is 56.9 Å². The molecule has 12 heteroatoms. The van der Waals surface area contributed by atoms with Crippen LogP contribution in [0.25, 0.3) is 22.3 Å². The number of H-pyrrole nitrogens is 1. The lowest BCUT2D eigenvalue weighted by Gasteiger charge is -2.45. The van der Waals surface area contributed by atoms with Gasteiger partial charge in [0.05, 0.1) is 24.0 Å². The van der Waals surface area contributed by atoms with E-state index in [9.17, 15) is 13.2 Å². The molecule has 1 N–H and O–H groups in total. The predicted octanol–water partition coefficient (Wildman–Crippen LogP) is 5.57. The summed E-state index contributed by atoms with van der Waals surface area (Å²) >= 11 is 0. The first kappa shape index (κ1) is 26.6. The minimum Gasteiger partial charge on any atom is -0.474 e. The number of nitrogens with zero attached hydrogens (tertiary/aromatic N) is 7. The van der Waals surface area contributed by atoms with E-state index in [0.29, 0.717) is 17.6 Å². The number of aromatic nitrogens is 6. The number of aryl methyl sites for hydroxylation is 1. The van der Waals surface area contributed by atoms with E-state index >= 15 is 0 Å². The number of nitriles is 1. The largest absolute Gasteiger partial charge is 0.474 e. The average molecular weight is 541 g/mol. The number of pyridine rings is 1. The fraction of sp³-hybridized carbons (Fsp3) is 0.444. The van der Waals surface area contributed by atoms with Gasteiger partial charge in [-0.2, -0.15) is 23.5 Å². The Hall–Kier alpha value is -3.98. The summed E-state index contributed by atoms with van der Waals surface area (Å²) in [4.78, 5) is 17.9. The van der Waals surface area contributed by atoms with Gasteiger partial charge in [-0.1, -0.05) is 0 Å². The number of piperidine rings is 1. The van der Waals surface area contributed by atoms with Crippen LogP contribution < -0.4 is 4.74 Å². The molecular weight excluding hydrogens is 509 g/mol. The van der Waals surface area contributed by atoms with E-state index in [2.05, 4.69) is 36.1 Å². The molecule has 6 rings (SSSR count). The van der Waals surface area contributed by atoms with Crippen molar-refractivity contribution >= 4 is 11.0 Å². The first-order chi connectivity index (χ1) is 18.7. The zero-order chi connectivity index (χ0) is 27.6. The molecule has 0 radical (unpaired) electrons. The van der Waals surface area contributed by atoms with E-state index in [0.717, 1.165) is 67.1 Å². The molecule has 0 aromatic carbocycles. The van der Waals surface area contributed by atoms with Crippen LogP contribution in [0.2, 0.25) is 0 Å². The summed E-state index contributed by atoms with van der Waals surface area (Å²) < 4.78 is 47.1. The number of nitrogens with one attached hydrogen (secondary N) is 1. The maximum absolute atomic E-state index is 13.1. The van der Waals surface area contributed by atoms with Crippen LogP contribution in [-0.4, -0.2) is 59.9 Å². The number of hydrogen-bond acceptors (Lipinski definition) is 7. The summed E-state index contributed by atoms with van der Waals surface area (Å²) in [5, 5.41) is 12.9. The minimum absolute atomic E-state index is 0. The van der Waals surface area contributed by atoms with Crippen LogP contribution >= 0.6 is 0 Å². The van der Waals surface area contributed by atoms with Crippen LogP contribution in [-0.2, 0) is 6.18 Å². The van der Waals surface area contributed by atoms with Crippen LogP contribution in [0.15, 0.2) is 43.1 Å². The average Bonchev–Trinajstić information content (AvgIpc) is 3.54. The lowest BCUT2D eigenvalue weighted by atomic mass is 9.84. The van der Waals surface area contributed by atoms with E-state index in [1.165, 1.54) is 6.92 Å².